The van der Waals surface area contributed by atoms with Gasteiger partial charge in [-0.2, -0.15) is 13.2 Å². The quantitative estimate of drug-likeness (QED) is 0.819. The molecule has 1 atom stereocenters. The summed E-state index contributed by atoms with van der Waals surface area (Å²) in [5.74, 6) is -0.570. The number of benzene rings is 1. The summed E-state index contributed by atoms with van der Waals surface area (Å²) in [6.45, 7) is 2.20. The first-order chi connectivity index (χ1) is 9.25. The number of nitrogens with two attached hydrogens (primary N) is 1. The van der Waals surface area contributed by atoms with E-state index in [9.17, 15) is 18.0 Å². The van der Waals surface area contributed by atoms with Crippen molar-refractivity contribution in [2.45, 2.75) is 25.6 Å². The summed E-state index contributed by atoms with van der Waals surface area (Å²) in [6, 6.07) is 2.91. The number of alkyl halides is 3. The van der Waals surface area contributed by atoms with Crippen LogP contribution in [0.2, 0.25) is 0 Å². The van der Waals surface area contributed by atoms with Crippen LogP contribution in [-0.2, 0) is 10.9 Å². The molecule has 0 fully saturated rings. The highest BCUT2D eigenvalue weighted by Gasteiger charge is 2.33. The lowest BCUT2D eigenvalue weighted by molar-refractivity contribution is -0.136. The monoisotopic (exact) mass is 290 g/mol. The lowest BCUT2D eigenvalue weighted by atomic mass is 10.1. The van der Waals surface area contributed by atoms with Crippen molar-refractivity contribution in [2.75, 3.05) is 19.5 Å². The molecule has 0 radical (unpaired) electrons. The summed E-state index contributed by atoms with van der Waals surface area (Å²) in [6.07, 6.45) is -4.01. The predicted molar refractivity (Wildman–Crippen MR) is 69.3 cm³/mol. The minimum absolute atomic E-state index is 0.0733. The molecule has 0 aliphatic rings. The van der Waals surface area contributed by atoms with Crippen molar-refractivity contribution >= 4 is 11.6 Å². The second-order valence-electron chi connectivity index (χ2n) is 4.46. The number of anilines is 1. The number of nitrogens with one attached hydrogen (secondary N) is 1. The number of ether oxygens (including phenoxy) is 1. The average molecular weight is 290 g/mol. The van der Waals surface area contributed by atoms with Crippen LogP contribution < -0.4 is 11.1 Å². The Morgan fingerprint density at radius 1 is 1.45 bits per heavy atom. The number of rotatable bonds is 5. The largest absolute Gasteiger partial charge is 0.418 e. The minimum Gasteiger partial charge on any atom is -0.398 e. The van der Waals surface area contributed by atoms with Gasteiger partial charge in [-0.25, -0.2) is 0 Å². The summed E-state index contributed by atoms with van der Waals surface area (Å²) < 4.78 is 42.9. The molecule has 0 aliphatic heterocycles. The summed E-state index contributed by atoms with van der Waals surface area (Å²) in [5, 5.41) is 2.60. The van der Waals surface area contributed by atoms with Crippen molar-refractivity contribution in [3.63, 3.8) is 0 Å². The average Bonchev–Trinajstić information content (AvgIpc) is 2.35. The van der Waals surface area contributed by atoms with Gasteiger partial charge in [-0.1, -0.05) is 0 Å². The Kier molecular flexibility index (Phi) is 5.38. The highest BCUT2D eigenvalue weighted by atomic mass is 19.4. The first-order valence-electron chi connectivity index (χ1n) is 6.02. The number of methoxy groups -OCH3 is 1. The molecule has 1 aromatic rings. The number of carbonyl (C=O) groups excluding carboxylic acids is 1. The zero-order valence-corrected chi connectivity index (χ0v) is 11.3. The molecular formula is C13H17F3N2O2. The van der Waals surface area contributed by atoms with Gasteiger partial charge in [0.15, 0.2) is 0 Å². The van der Waals surface area contributed by atoms with Crippen LogP contribution in [0.15, 0.2) is 18.2 Å². The topological polar surface area (TPSA) is 64.3 Å². The smallest absolute Gasteiger partial charge is 0.398 e. The second kappa shape index (κ2) is 6.60. The van der Waals surface area contributed by atoms with Crippen molar-refractivity contribution in [1.82, 2.24) is 5.32 Å². The van der Waals surface area contributed by atoms with Crippen LogP contribution in [0.5, 0.6) is 0 Å². The fourth-order valence-electron chi connectivity index (χ4n) is 1.62. The molecule has 4 nitrogen and oxygen atoms in total. The van der Waals surface area contributed by atoms with Crippen molar-refractivity contribution in [3.8, 4) is 0 Å². The number of amides is 1. The third kappa shape index (κ3) is 4.41. The molecule has 0 heterocycles. The summed E-state index contributed by atoms with van der Waals surface area (Å²) in [7, 11) is 1.53. The number of halogens is 3. The highest BCUT2D eigenvalue weighted by molar-refractivity contribution is 5.95. The number of nitrogen functional groups attached to an aromatic ring is 1. The van der Waals surface area contributed by atoms with Crippen LogP contribution in [0.1, 0.15) is 29.3 Å². The predicted octanol–water partition coefficient (Wildman–Crippen LogP) is 2.44. The van der Waals surface area contributed by atoms with E-state index >= 15 is 0 Å². The SMILES string of the molecule is COCCC(C)NC(=O)c1ccc(N)c(C(F)(F)F)c1. The van der Waals surface area contributed by atoms with Crippen molar-refractivity contribution in [2.24, 2.45) is 0 Å². The van der Waals surface area contributed by atoms with Crippen LogP contribution in [0.3, 0.4) is 0 Å². The normalized spacial score (nSPS) is 13.1. The molecule has 112 valence electrons. The molecule has 1 rings (SSSR count). The molecule has 0 saturated carbocycles. The van der Waals surface area contributed by atoms with Crippen LogP contribution in [0.4, 0.5) is 18.9 Å². The van der Waals surface area contributed by atoms with E-state index in [4.69, 9.17) is 10.5 Å². The van der Waals surface area contributed by atoms with E-state index < -0.39 is 23.3 Å². The molecule has 0 saturated heterocycles. The van der Waals surface area contributed by atoms with Gasteiger partial charge in [0.2, 0.25) is 0 Å². The van der Waals surface area contributed by atoms with E-state index in [-0.39, 0.29) is 11.6 Å². The Morgan fingerprint density at radius 2 is 2.10 bits per heavy atom. The second-order valence-corrected chi connectivity index (χ2v) is 4.46. The Bertz CT molecular complexity index is 475. The maximum atomic E-state index is 12.7. The van der Waals surface area contributed by atoms with Gasteiger partial charge in [0.05, 0.1) is 5.56 Å². The van der Waals surface area contributed by atoms with E-state index in [1.165, 1.54) is 13.2 Å². The molecule has 1 unspecified atom stereocenters. The van der Waals surface area contributed by atoms with Gasteiger partial charge in [0.25, 0.3) is 5.91 Å². The van der Waals surface area contributed by atoms with Gasteiger partial charge in [0, 0.05) is 31.0 Å². The standard InChI is InChI=1S/C13H17F3N2O2/c1-8(5-6-20-2)18-12(19)9-3-4-11(17)10(7-9)13(14,15)16/h3-4,7-8H,5-6,17H2,1-2H3,(H,18,19). The molecule has 0 spiro atoms. The molecule has 3 N–H and O–H groups in total. The van der Waals surface area contributed by atoms with Crippen molar-refractivity contribution in [3.05, 3.63) is 29.3 Å². The molecule has 1 amide bonds. The molecular weight excluding hydrogens is 273 g/mol. The summed E-state index contributed by atoms with van der Waals surface area (Å²) in [5.41, 5.74) is 3.79. The Morgan fingerprint density at radius 3 is 2.65 bits per heavy atom. The Balaban J connectivity index is 2.84. The van der Waals surface area contributed by atoms with Crippen LogP contribution >= 0.6 is 0 Å². The van der Waals surface area contributed by atoms with E-state index in [2.05, 4.69) is 5.32 Å². The van der Waals surface area contributed by atoms with Crippen LogP contribution in [-0.4, -0.2) is 25.7 Å². The molecule has 0 aliphatic carbocycles. The summed E-state index contributed by atoms with van der Waals surface area (Å²) in [4.78, 5) is 11.8. The van der Waals surface area contributed by atoms with E-state index in [1.807, 2.05) is 0 Å². The van der Waals surface area contributed by atoms with Gasteiger partial charge >= 0.3 is 6.18 Å². The minimum atomic E-state index is -4.58. The summed E-state index contributed by atoms with van der Waals surface area (Å²) >= 11 is 0. The van der Waals surface area contributed by atoms with Gasteiger partial charge < -0.3 is 15.8 Å². The first-order valence-corrected chi connectivity index (χ1v) is 6.02. The van der Waals surface area contributed by atoms with Crippen LogP contribution in [0.25, 0.3) is 0 Å². The van der Waals surface area contributed by atoms with Gasteiger partial charge in [0.1, 0.15) is 0 Å². The van der Waals surface area contributed by atoms with E-state index in [0.29, 0.717) is 13.0 Å². The number of hydrogen-bond donors (Lipinski definition) is 2. The Hall–Kier alpha value is -1.76. The fourth-order valence-corrected chi connectivity index (χ4v) is 1.62. The van der Waals surface area contributed by atoms with Gasteiger partial charge in [-0.15, -0.1) is 0 Å². The van der Waals surface area contributed by atoms with Crippen molar-refractivity contribution in [1.29, 1.82) is 0 Å². The fraction of sp³-hybridized carbons (Fsp3) is 0.462. The molecule has 0 aromatic heterocycles. The highest BCUT2D eigenvalue weighted by Crippen LogP contribution is 2.33. The molecule has 1 aromatic carbocycles. The molecule has 7 heteroatoms. The molecule has 20 heavy (non-hydrogen) atoms. The first kappa shape index (κ1) is 16.3. The number of hydrogen-bond acceptors (Lipinski definition) is 3. The van der Waals surface area contributed by atoms with E-state index in [0.717, 1.165) is 12.1 Å². The lowest BCUT2D eigenvalue weighted by Crippen LogP contribution is -2.33. The number of carbonyl (C=O) groups is 1. The lowest BCUT2D eigenvalue weighted by Gasteiger charge is -2.15. The zero-order valence-electron chi connectivity index (χ0n) is 11.3. The van der Waals surface area contributed by atoms with Crippen molar-refractivity contribution < 1.29 is 22.7 Å². The van der Waals surface area contributed by atoms with E-state index in [1.54, 1.807) is 6.92 Å². The maximum absolute atomic E-state index is 12.7. The van der Waals surface area contributed by atoms with Gasteiger partial charge in [-0.05, 0) is 31.5 Å². The van der Waals surface area contributed by atoms with Gasteiger partial charge in [-0.3, -0.25) is 4.79 Å². The maximum Gasteiger partial charge on any atom is 0.418 e. The Labute approximate surface area is 115 Å². The zero-order chi connectivity index (χ0) is 15.3. The van der Waals surface area contributed by atoms with Crippen LogP contribution in [0, 0.1) is 0 Å². The molecule has 0 bridgehead atoms. The third-order valence-electron chi connectivity index (χ3n) is 2.75. The third-order valence-corrected chi connectivity index (χ3v) is 2.75.